The lowest BCUT2D eigenvalue weighted by molar-refractivity contribution is 0.0984. The monoisotopic (exact) mass is 337 g/mol. The Morgan fingerprint density at radius 1 is 1.12 bits per heavy atom. The van der Waals surface area contributed by atoms with E-state index in [1.807, 2.05) is 0 Å². The highest BCUT2D eigenvalue weighted by molar-refractivity contribution is 14.1. The third-order valence-electron chi connectivity index (χ3n) is 4.74. The van der Waals surface area contributed by atoms with Gasteiger partial charge in [0.2, 0.25) is 0 Å². The van der Waals surface area contributed by atoms with Gasteiger partial charge in [0.15, 0.2) is 0 Å². The van der Waals surface area contributed by atoms with Crippen LogP contribution in [0.25, 0.3) is 0 Å². The Kier molecular flexibility index (Phi) is 6.06. The molecule has 1 nitrogen and oxygen atoms in total. The van der Waals surface area contributed by atoms with Gasteiger partial charge in [-0.15, -0.1) is 0 Å². The second kappa shape index (κ2) is 6.58. The quantitative estimate of drug-likeness (QED) is 0.430. The maximum atomic E-state index is 3.49. The van der Waals surface area contributed by atoms with Crippen molar-refractivity contribution in [1.29, 1.82) is 0 Å². The second-order valence-corrected chi connectivity index (χ2v) is 6.66. The molecule has 0 aromatic heterocycles. The van der Waals surface area contributed by atoms with Gasteiger partial charge in [-0.25, -0.2) is 0 Å². The van der Waals surface area contributed by atoms with E-state index in [2.05, 4.69) is 48.7 Å². The summed E-state index contributed by atoms with van der Waals surface area (Å²) in [6.07, 6.45) is 8.52. The van der Waals surface area contributed by atoms with E-state index in [0.29, 0.717) is 10.8 Å². The smallest absolute Gasteiger partial charge is 0.00524 e. The van der Waals surface area contributed by atoms with Crippen LogP contribution in [0.5, 0.6) is 0 Å². The minimum Gasteiger partial charge on any atom is -0.317 e. The highest BCUT2D eigenvalue weighted by atomic mass is 127. The first-order chi connectivity index (χ1) is 7.60. The van der Waals surface area contributed by atoms with Crippen molar-refractivity contribution < 1.29 is 0 Å². The van der Waals surface area contributed by atoms with Crippen molar-refractivity contribution in [2.75, 3.05) is 17.5 Å². The molecule has 96 valence electrons. The molecule has 0 radical (unpaired) electrons. The zero-order valence-electron chi connectivity index (χ0n) is 11.2. The van der Waals surface area contributed by atoms with E-state index in [-0.39, 0.29) is 0 Å². The molecule has 16 heavy (non-hydrogen) atoms. The molecular weight excluding hydrogens is 309 g/mol. The van der Waals surface area contributed by atoms with Crippen molar-refractivity contribution in [3.8, 4) is 0 Å². The highest BCUT2D eigenvalue weighted by Crippen LogP contribution is 2.49. The summed E-state index contributed by atoms with van der Waals surface area (Å²) in [4.78, 5) is 0. The molecule has 0 atom stereocenters. The van der Waals surface area contributed by atoms with Crippen LogP contribution in [0.4, 0.5) is 0 Å². The average Bonchev–Trinajstić information content (AvgIpc) is 2.33. The lowest BCUT2D eigenvalue weighted by atomic mass is 9.63. The van der Waals surface area contributed by atoms with Crippen LogP contribution in [0.1, 0.15) is 59.3 Å². The van der Waals surface area contributed by atoms with Crippen LogP contribution in [-0.2, 0) is 0 Å². The molecule has 0 saturated heterocycles. The molecular formula is C14H28IN. The normalized spacial score (nSPS) is 35.2. The number of hydrogen-bond acceptors (Lipinski definition) is 1. The Hall–Kier alpha value is 0.690. The number of halogens is 1. The van der Waals surface area contributed by atoms with Crippen LogP contribution in [-0.4, -0.2) is 17.5 Å². The summed E-state index contributed by atoms with van der Waals surface area (Å²) >= 11 is 2.61. The molecule has 0 unspecified atom stereocenters. The van der Waals surface area contributed by atoms with Crippen molar-refractivity contribution in [3.63, 3.8) is 0 Å². The molecule has 1 aliphatic carbocycles. The molecule has 1 N–H and O–H groups in total. The fourth-order valence-corrected chi connectivity index (χ4v) is 3.86. The van der Waals surface area contributed by atoms with Gasteiger partial charge in [-0.3, -0.25) is 0 Å². The van der Waals surface area contributed by atoms with Crippen LogP contribution in [0.2, 0.25) is 0 Å². The van der Waals surface area contributed by atoms with E-state index in [9.17, 15) is 0 Å². The molecule has 1 rings (SSSR count). The molecule has 0 bridgehead atoms. The van der Waals surface area contributed by atoms with Crippen molar-refractivity contribution in [2.45, 2.75) is 59.3 Å². The van der Waals surface area contributed by atoms with Gasteiger partial charge >= 0.3 is 0 Å². The summed E-state index contributed by atoms with van der Waals surface area (Å²) < 4.78 is 1.34. The van der Waals surface area contributed by atoms with Crippen LogP contribution in [0, 0.1) is 10.8 Å². The van der Waals surface area contributed by atoms with Gasteiger partial charge in [0, 0.05) is 4.43 Å². The molecule has 1 fully saturated rings. The summed E-state index contributed by atoms with van der Waals surface area (Å²) in [6.45, 7) is 9.36. The number of rotatable bonds is 6. The molecule has 1 saturated carbocycles. The maximum absolute atomic E-state index is 3.49. The van der Waals surface area contributed by atoms with Gasteiger partial charge < -0.3 is 5.32 Å². The molecule has 0 aromatic rings. The van der Waals surface area contributed by atoms with Crippen LogP contribution in [0.3, 0.4) is 0 Å². The van der Waals surface area contributed by atoms with Crippen molar-refractivity contribution in [2.24, 2.45) is 10.8 Å². The van der Waals surface area contributed by atoms with Gasteiger partial charge in [-0.1, -0.05) is 49.8 Å². The van der Waals surface area contributed by atoms with Gasteiger partial charge in [-0.05, 0) is 56.0 Å². The van der Waals surface area contributed by atoms with Crippen molar-refractivity contribution in [3.05, 3.63) is 0 Å². The molecule has 2 heteroatoms. The van der Waals surface area contributed by atoms with E-state index < -0.39 is 0 Å². The Bertz CT molecular complexity index is 195. The third-order valence-corrected chi connectivity index (χ3v) is 6.36. The van der Waals surface area contributed by atoms with Crippen LogP contribution < -0.4 is 5.32 Å². The maximum Gasteiger partial charge on any atom is 0.00524 e. The summed E-state index contributed by atoms with van der Waals surface area (Å²) in [6, 6.07) is 0. The summed E-state index contributed by atoms with van der Waals surface area (Å²) in [5.74, 6) is 0. The topological polar surface area (TPSA) is 12.0 Å². The van der Waals surface area contributed by atoms with Gasteiger partial charge in [0.05, 0.1) is 0 Å². The average molecular weight is 337 g/mol. The van der Waals surface area contributed by atoms with Crippen molar-refractivity contribution >= 4 is 22.6 Å². The molecule has 0 aromatic carbocycles. The first-order valence-electron chi connectivity index (χ1n) is 6.86. The SMILES string of the molecule is CCNCCC1(CI)CCC(C)(CC)CC1. The first kappa shape index (κ1) is 14.7. The molecule has 0 aliphatic heterocycles. The predicted octanol–water partition coefficient (Wildman–Crippen LogP) is 4.40. The second-order valence-electron chi connectivity index (χ2n) is 5.90. The van der Waals surface area contributed by atoms with E-state index >= 15 is 0 Å². The zero-order valence-corrected chi connectivity index (χ0v) is 13.4. The molecule has 0 spiro atoms. The number of nitrogens with one attached hydrogen (secondary N) is 1. The fourth-order valence-electron chi connectivity index (χ4n) is 2.72. The van der Waals surface area contributed by atoms with E-state index in [1.165, 1.54) is 49.5 Å². The van der Waals surface area contributed by atoms with Crippen LogP contribution >= 0.6 is 22.6 Å². The van der Waals surface area contributed by atoms with Gasteiger partial charge in [-0.2, -0.15) is 0 Å². The molecule has 0 heterocycles. The third kappa shape index (κ3) is 3.86. The van der Waals surface area contributed by atoms with E-state index in [4.69, 9.17) is 0 Å². The lowest BCUT2D eigenvalue weighted by Crippen LogP contribution is -2.36. The lowest BCUT2D eigenvalue weighted by Gasteiger charge is -2.44. The number of alkyl halides is 1. The Morgan fingerprint density at radius 2 is 1.75 bits per heavy atom. The minimum absolute atomic E-state index is 0.646. The molecule has 1 aliphatic rings. The minimum atomic E-state index is 0.646. The van der Waals surface area contributed by atoms with E-state index in [1.54, 1.807) is 0 Å². The van der Waals surface area contributed by atoms with Crippen molar-refractivity contribution in [1.82, 2.24) is 5.32 Å². The predicted molar refractivity (Wildman–Crippen MR) is 81.3 cm³/mol. The highest BCUT2D eigenvalue weighted by Gasteiger charge is 2.38. The largest absolute Gasteiger partial charge is 0.317 e. The zero-order chi connectivity index (χ0) is 12.1. The fraction of sp³-hybridized carbons (Fsp3) is 1.00. The van der Waals surface area contributed by atoms with Crippen LogP contribution in [0.15, 0.2) is 0 Å². The summed E-state index contributed by atoms with van der Waals surface area (Å²) in [5, 5.41) is 3.49. The number of hydrogen-bond donors (Lipinski definition) is 1. The Labute approximate surface area is 115 Å². The van der Waals surface area contributed by atoms with Gasteiger partial charge in [0.25, 0.3) is 0 Å². The van der Waals surface area contributed by atoms with E-state index in [0.717, 1.165) is 6.54 Å². The standard InChI is InChI=1S/C14H28IN/c1-4-13(3)6-8-14(12-15,9-7-13)10-11-16-5-2/h16H,4-12H2,1-3H3. The molecule has 0 amide bonds. The van der Waals surface area contributed by atoms with Gasteiger partial charge in [0.1, 0.15) is 0 Å². The Balaban J connectivity index is 2.44. The Morgan fingerprint density at radius 3 is 2.19 bits per heavy atom. The summed E-state index contributed by atoms with van der Waals surface area (Å²) in [7, 11) is 0. The summed E-state index contributed by atoms with van der Waals surface area (Å²) in [5.41, 5.74) is 1.30. The first-order valence-corrected chi connectivity index (χ1v) is 8.39.